The third kappa shape index (κ3) is 16.6. The SMILES string of the molecule is CC(C)(C)OC(=O)N1CCc2cc(OCc3ccc(C(F)(F)F)c(C(F)(F)F)c3)ccc21.CCOC(=O)CCN(CC(=O)N1CCc2cc(OCc3ccc(C(F)(F)F)c(C(F)(F)F)c3)ccc21)C(=O)OC(C)(C)C. The molecule has 0 fully saturated rings. The molecular formula is C51H53F12N3O9. The Kier molecular flexibility index (Phi) is 18.0. The zero-order chi connectivity index (χ0) is 56.1. The molecule has 0 saturated carbocycles. The third-order valence-corrected chi connectivity index (χ3v) is 10.9. The maximum absolute atomic E-state index is 13.3. The summed E-state index contributed by atoms with van der Waals surface area (Å²) in [6.07, 6.45) is -21.1. The number of halogens is 12. The van der Waals surface area contributed by atoms with Crippen LogP contribution in [0.1, 0.15) is 99.4 Å². The molecule has 0 radical (unpaired) electrons. The molecular weight excluding hydrogens is 1030 g/mol. The first kappa shape index (κ1) is 59.0. The standard InChI is InChI=1S/C29H32F6N2O6.C22H21F6NO3/c1-5-41-25(39)11-12-36(26(40)43-27(2,3)4)16-24(38)37-13-10-19-15-20(7-9-23(19)37)42-17-18-6-8-21(28(30,31)32)22(14-18)29(33,34)35;1-20(2,3)32-19(30)29-9-8-14-11-15(5-7-18(14)29)31-12-13-4-6-16(21(23,24)25)17(10-13)22(26,27)28/h6-9,14-15H,5,10-13,16-17H2,1-4H3;4-7,10-11H,8-9,12H2,1-3H3. The number of ether oxygens (including phenoxy) is 5. The smallest absolute Gasteiger partial charge is 0.417 e. The fourth-order valence-electron chi connectivity index (χ4n) is 7.63. The minimum absolute atomic E-state index is 0.0544. The maximum atomic E-state index is 13.3. The number of amides is 3. The first-order valence-electron chi connectivity index (χ1n) is 23.0. The van der Waals surface area contributed by atoms with Gasteiger partial charge in [0.2, 0.25) is 5.91 Å². The van der Waals surface area contributed by atoms with Crippen molar-refractivity contribution < 1.29 is 95.5 Å². The molecule has 0 saturated heterocycles. The number of esters is 1. The van der Waals surface area contributed by atoms with Gasteiger partial charge in [-0.05, 0) is 144 Å². The molecule has 0 spiro atoms. The van der Waals surface area contributed by atoms with Crippen LogP contribution in [0.15, 0.2) is 72.8 Å². The Hall–Kier alpha value is -6.88. The summed E-state index contributed by atoms with van der Waals surface area (Å²) >= 11 is 0. The van der Waals surface area contributed by atoms with Crippen LogP contribution in [-0.4, -0.2) is 73.0 Å². The molecule has 2 aliphatic rings. The first-order valence-corrected chi connectivity index (χ1v) is 23.0. The molecule has 6 rings (SSSR count). The molecule has 410 valence electrons. The lowest BCUT2D eigenvalue weighted by Crippen LogP contribution is -2.45. The van der Waals surface area contributed by atoms with E-state index in [2.05, 4.69) is 0 Å². The summed E-state index contributed by atoms with van der Waals surface area (Å²) in [5, 5.41) is 0. The molecule has 0 bridgehead atoms. The van der Waals surface area contributed by atoms with Crippen molar-refractivity contribution in [2.75, 3.05) is 42.6 Å². The number of nitrogens with zero attached hydrogens (tertiary/aromatic N) is 3. The summed E-state index contributed by atoms with van der Waals surface area (Å²) in [4.78, 5) is 54.2. The topological polar surface area (TPSA) is 124 Å². The van der Waals surface area contributed by atoms with Gasteiger partial charge in [0, 0.05) is 25.3 Å². The summed E-state index contributed by atoms with van der Waals surface area (Å²) in [5.74, 6) is -0.408. The molecule has 0 N–H and O–H groups in total. The van der Waals surface area contributed by atoms with Gasteiger partial charge in [0.15, 0.2) is 0 Å². The summed E-state index contributed by atoms with van der Waals surface area (Å²) in [6, 6.07) is 13.0. The molecule has 0 atom stereocenters. The second kappa shape index (κ2) is 22.9. The van der Waals surface area contributed by atoms with E-state index in [1.165, 1.54) is 21.9 Å². The highest BCUT2D eigenvalue weighted by atomic mass is 19.4. The van der Waals surface area contributed by atoms with Gasteiger partial charge in [-0.15, -0.1) is 0 Å². The molecule has 0 unspecified atom stereocenters. The van der Waals surface area contributed by atoms with E-state index in [4.69, 9.17) is 23.7 Å². The monoisotopic (exact) mass is 1080 g/mol. The van der Waals surface area contributed by atoms with Crippen LogP contribution >= 0.6 is 0 Å². The van der Waals surface area contributed by atoms with Gasteiger partial charge in [0.25, 0.3) is 0 Å². The molecule has 0 aliphatic carbocycles. The van der Waals surface area contributed by atoms with Crippen LogP contribution < -0.4 is 19.3 Å². The number of carbonyl (C=O) groups is 4. The Balaban J connectivity index is 0.000000289. The van der Waals surface area contributed by atoms with Crippen molar-refractivity contribution in [3.8, 4) is 11.5 Å². The first-order chi connectivity index (χ1) is 34.5. The molecule has 75 heavy (non-hydrogen) atoms. The largest absolute Gasteiger partial charge is 0.489 e. The van der Waals surface area contributed by atoms with E-state index in [-0.39, 0.29) is 56.1 Å². The number of fused-ring (bicyclic) bond motifs is 2. The Labute approximate surface area is 423 Å². The summed E-state index contributed by atoms with van der Waals surface area (Å²) in [6.45, 7) is 11.5. The van der Waals surface area contributed by atoms with Gasteiger partial charge < -0.3 is 28.6 Å². The Morgan fingerprint density at radius 1 is 0.547 bits per heavy atom. The lowest BCUT2D eigenvalue weighted by Gasteiger charge is -2.28. The Morgan fingerprint density at radius 3 is 1.39 bits per heavy atom. The number of rotatable bonds is 12. The average molecular weight is 1080 g/mol. The summed E-state index contributed by atoms with van der Waals surface area (Å²) in [5.41, 5.74) is -6.09. The van der Waals surface area contributed by atoms with Crippen LogP contribution in [-0.2, 0) is 74.6 Å². The summed E-state index contributed by atoms with van der Waals surface area (Å²) < 4.78 is 184. The van der Waals surface area contributed by atoms with Crippen LogP contribution in [0.3, 0.4) is 0 Å². The van der Waals surface area contributed by atoms with Crippen molar-refractivity contribution >= 4 is 35.4 Å². The van der Waals surface area contributed by atoms with Gasteiger partial charge in [0.1, 0.15) is 42.5 Å². The minimum Gasteiger partial charge on any atom is -0.489 e. The average Bonchev–Trinajstić information content (AvgIpc) is 3.91. The molecule has 24 heteroatoms. The fraction of sp³-hybridized carbons (Fsp3) is 0.451. The van der Waals surface area contributed by atoms with Crippen molar-refractivity contribution in [2.24, 2.45) is 0 Å². The molecule has 3 amide bonds. The van der Waals surface area contributed by atoms with Crippen LogP contribution in [0.25, 0.3) is 0 Å². The maximum Gasteiger partial charge on any atom is 0.417 e. The zero-order valence-electron chi connectivity index (χ0n) is 41.6. The molecule has 0 aromatic heterocycles. The molecule has 4 aromatic rings. The lowest BCUT2D eigenvalue weighted by atomic mass is 10.0. The van der Waals surface area contributed by atoms with Gasteiger partial charge in [-0.2, -0.15) is 52.7 Å². The fourth-order valence-corrected chi connectivity index (χ4v) is 7.63. The zero-order valence-corrected chi connectivity index (χ0v) is 41.6. The Morgan fingerprint density at radius 2 is 0.973 bits per heavy atom. The van der Waals surface area contributed by atoms with E-state index in [0.29, 0.717) is 66.3 Å². The second-order valence-electron chi connectivity index (χ2n) is 19.0. The normalized spacial score (nSPS) is 13.8. The number of anilines is 2. The highest BCUT2D eigenvalue weighted by molar-refractivity contribution is 5.98. The van der Waals surface area contributed by atoms with Crippen molar-refractivity contribution in [2.45, 2.75) is 117 Å². The van der Waals surface area contributed by atoms with Crippen LogP contribution in [0.4, 0.5) is 73.6 Å². The molecule has 2 aliphatic heterocycles. The molecule has 2 heterocycles. The lowest BCUT2D eigenvalue weighted by molar-refractivity contribution is -0.162. The van der Waals surface area contributed by atoms with Crippen LogP contribution in [0, 0.1) is 0 Å². The van der Waals surface area contributed by atoms with Gasteiger partial charge in [0.05, 0.1) is 41.0 Å². The quantitative estimate of drug-likeness (QED) is 0.0775. The Bertz CT molecular complexity index is 2710. The van der Waals surface area contributed by atoms with E-state index < -0.39 is 88.8 Å². The van der Waals surface area contributed by atoms with E-state index >= 15 is 0 Å². The van der Waals surface area contributed by atoms with Crippen LogP contribution in [0.5, 0.6) is 11.5 Å². The van der Waals surface area contributed by atoms with E-state index in [1.807, 2.05) is 0 Å². The highest BCUT2D eigenvalue weighted by Gasteiger charge is 2.44. The number of benzene rings is 4. The van der Waals surface area contributed by atoms with Gasteiger partial charge in [-0.1, -0.05) is 12.1 Å². The minimum atomic E-state index is -5.21. The van der Waals surface area contributed by atoms with E-state index in [0.717, 1.165) is 22.6 Å². The molecule has 12 nitrogen and oxygen atoms in total. The van der Waals surface area contributed by atoms with Crippen molar-refractivity contribution in [1.29, 1.82) is 0 Å². The highest BCUT2D eigenvalue weighted by Crippen LogP contribution is 2.43. The van der Waals surface area contributed by atoms with Crippen LogP contribution in [0.2, 0.25) is 0 Å². The third-order valence-electron chi connectivity index (χ3n) is 10.9. The van der Waals surface area contributed by atoms with E-state index in [1.54, 1.807) is 72.7 Å². The molecule has 4 aromatic carbocycles. The van der Waals surface area contributed by atoms with Gasteiger partial charge >= 0.3 is 42.9 Å². The van der Waals surface area contributed by atoms with Gasteiger partial charge in [-0.3, -0.25) is 19.4 Å². The van der Waals surface area contributed by atoms with E-state index in [9.17, 15) is 71.9 Å². The second-order valence-corrected chi connectivity index (χ2v) is 19.0. The van der Waals surface area contributed by atoms with Gasteiger partial charge in [-0.25, -0.2) is 9.59 Å². The number of alkyl halides is 12. The van der Waals surface area contributed by atoms with Crippen molar-refractivity contribution in [3.05, 3.63) is 117 Å². The van der Waals surface area contributed by atoms with Crippen molar-refractivity contribution in [1.82, 2.24) is 4.90 Å². The number of hydrogen-bond acceptors (Lipinski definition) is 9. The van der Waals surface area contributed by atoms with Crippen molar-refractivity contribution in [3.63, 3.8) is 0 Å². The number of hydrogen-bond donors (Lipinski definition) is 0. The predicted molar refractivity (Wildman–Crippen MR) is 247 cm³/mol. The predicted octanol–water partition coefficient (Wildman–Crippen LogP) is 13.0. The summed E-state index contributed by atoms with van der Waals surface area (Å²) in [7, 11) is 0. The number of carbonyl (C=O) groups excluding carboxylic acids is 4.